The summed E-state index contributed by atoms with van der Waals surface area (Å²) in [4.78, 5) is 0. The molecule has 0 saturated heterocycles. The maximum atomic E-state index is 15.2. The molecular formula is C26H27F5. The summed E-state index contributed by atoms with van der Waals surface area (Å²) in [5, 5.41) is 0. The predicted octanol–water partition coefficient (Wildman–Crippen LogP) is 8.08. The Morgan fingerprint density at radius 2 is 1.55 bits per heavy atom. The van der Waals surface area contributed by atoms with E-state index in [1.54, 1.807) is 6.07 Å². The van der Waals surface area contributed by atoms with Gasteiger partial charge in [-0.15, -0.1) is 0 Å². The van der Waals surface area contributed by atoms with Gasteiger partial charge in [-0.3, -0.25) is 0 Å². The summed E-state index contributed by atoms with van der Waals surface area (Å²) in [6.07, 6.45) is 8.06. The Kier molecular flexibility index (Phi) is 6.49. The largest absolute Gasteiger partial charge is 0.212 e. The molecule has 0 nitrogen and oxygen atoms in total. The highest BCUT2D eigenvalue weighted by molar-refractivity contribution is 5.66. The van der Waals surface area contributed by atoms with E-state index < -0.39 is 23.3 Å². The van der Waals surface area contributed by atoms with Gasteiger partial charge in [0.05, 0.1) is 5.83 Å². The van der Waals surface area contributed by atoms with Crippen LogP contribution >= 0.6 is 0 Å². The maximum Gasteiger partial charge on any atom is 0.194 e. The fourth-order valence-corrected chi connectivity index (χ4v) is 5.48. The van der Waals surface area contributed by atoms with E-state index in [0.717, 1.165) is 62.6 Å². The summed E-state index contributed by atoms with van der Waals surface area (Å²) in [5.41, 5.74) is 1.67. The van der Waals surface area contributed by atoms with Gasteiger partial charge >= 0.3 is 0 Å². The van der Waals surface area contributed by atoms with Gasteiger partial charge in [-0.25, -0.2) is 22.0 Å². The molecule has 2 aliphatic rings. The van der Waals surface area contributed by atoms with Gasteiger partial charge in [0.2, 0.25) is 0 Å². The summed E-state index contributed by atoms with van der Waals surface area (Å²) in [7, 11) is 0. The minimum absolute atomic E-state index is 0.00751. The number of hydrogen-bond acceptors (Lipinski definition) is 0. The molecule has 1 unspecified atom stereocenters. The highest BCUT2D eigenvalue weighted by atomic mass is 19.2. The van der Waals surface area contributed by atoms with Gasteiger partial charge in [0.1, 0.15) is 5.82 Å². The molecular weight excluding hydrogens is 407 g/mol. The lowest BCUT2D eigenvalue weighted by molar-refractivity contribution is 0.183. The molecule has 0 amide bonds. The zero-order chi connectivity index (χ0) is 22.1. The third kappa shape index (κ3) is 4.70. The second-order valence-corrected chi connectivity index (χ2v) is 9.16. The lowest BCUT2D eigenvalue weighted by atomic mass is 9.69. The van der Waals surface area contributed by atoms with Crippen molar-refractivity contribution in [1.29, 1.82) is 0 Å². The van der Waals surface area contributed by atoms with Crippen molar-refractivity contribution >= 4 is 0 Å². The van der Waals surface area contributed by atoms with Crippen molar-refractivity contribution in [2.45, 2.75) is 57.8 Å². The van der Waals surface area contributed by atoms with Gasteiger partial charge in [0.15, 0.2) is 17.5 Å². The number of rotatable bonds is 5. The molecule has 1 fully saturated rings. The van der Waals surface area contributed by atoms with E-state index in [1.807, 2.05) is 6.07 Å². The number of fused-ring (bicyclic) bond motifs is 1. The molecule has 2 aromatic carbocycles. The highest BCUT2D eigenvalue weighted by Crippen LogP contribution is 2.42. The quantitative estimate of drug-likeness (QED) is 0.330. The lowest BCUT2D eigenvalue weighted by Crippen LogP contribution is -2.27. The molecule has 5 heteroatoms. The monoisotopic (exact) mass is 434 g/mol. The van der Waals surface area contributed by atoms with Crippen molar-refractivity contribution in [3.63, 3.8) is 0 Å². The van der Waals surface area contributed by atoms with Crippen LogP contribution in [0.5, 0.6) is 0 Å². The Hall–Kier alpha value is -2.17. The van der Waals surface area contributed by atoms with Gasteiger partial charge in [0.25, 0.3) is 0 Å². The Morgan fingerprint density at radius 3 is 2.19 bits per heavy atom. The van der Waals surface area contributed by atoms with Crippen molar-refractivity contribution in [1.82, 2.24) is 0 Å². The van der Waals surface area contributed by atoms with Crippen LogP contribution in [0.3, 0.4) is 0 Å². The Bertz CT molecular complexity index is 949. The average Bonchev–Trinajstić information content (AvgIpc) is 2.76. The molecule has 0 aromatic heterocycles. The Labute approximate surface area is 180 Å². The van der Waals surface area contributed by atoms with Gasteiger partial charge in [-0.2, -0.15) is 0 Å². The first kappa shape index (κ1) is 22.0. The fraction of sp³-hybridized carbons (Fsp3) is 0.462. The normalized spacial score (nSPS) is 23.5. The van der Waals surface area contributed by atoms with E-state index in [1.165, 1.54) is 0 Å². The highest BCUT2D eigenvalue weighted by Gasteiger charge is 2.31. The smallest absolute Gasteiger partial charge is 0.194 e. The molecule has 4 rings (SSSR count). The van der Waals surface area contributed by atoms with Gasteiger partial charge in [0, 0.05) is 5.56 Å². The molecule has 1 atom stereocenters. The second kappa shape index (κ2) is 9.13. The minimum Gasteiger partial charge on any atom is -0.212 e. The standard InChI is InChI=1S/C26H27F5/c1-15(27)2-3-16-4-6-17(7-5-16)18-8-10-21-19(12-18)9-11-22(25(21)30)20-13-23(28)26(31)24(29)14-20/h9,11,13-14,16-18H,1-8,10,12H2. The molecule has 166 valence electrons. The van der Waals surface area contributed by atoms with E-state index in [9.17, 15) is 17.6 Å². The molecule has 2 aromatic rings. The van der Waals surface area contributed by atoms with Gasteiger partial charge < -0.3 is 0 Å². The molecule has 0 radical (unpaired) electrons. The van der Waals surface area contributed by atoms with Crippen molar-refractivity contribution in [3.05, 3.63) is 71.1 Å². The minimum atomic E-state index is -1.55. The molecule has 0 heterocycles. The van der Waals surface area contributed by atoms with Crippen LogP contribution in [-0.2, 0) is 12.8 Å². The first-order chi connectivity index (χ1) is 14.8. The summed E-state index contributed by atoms with van der Waals surface area (Å²) >= 11 is 0. The third-order valence-electron chi connectivity index (χ3n) is 7.26. The zero-order valence-corrected chi connectivity index (χ0v) is 17.5. The third-order valence-corrected chi connectivity index (χ3v) is 7.26. The van der Waals surface area contributed by atoms with Gasteiger partial charge in [-0.1, -0.05) is 31.6 Å². The van der Waals surface area contributed by atoms with Crippen molar-refractivity contribution in [2.75, 3.05) is 0 Å². The molecule has 31 heavy (non-hydrogen) atoms. The predicted molar refractivity (Wildman–Crippen MR) is 112 cm³/mol. The van der Waals surface area contributed by atoms with Crippen LogP contribution in [0.1, 0.15) is 56.1 Å². The first-order valence-electron chi connectivity index (χ1n) is 11.1. The number of hydrogen-bond donors (Lipinski definition) is 0. The van der Waals surface area contributed by atoms with Crippen LogP contribution in [0.25, 0.3) is 11.1 Å². The van der Waals surface area contributed by atoms with Crippen LogP contribution < -0.4 is 0 Å². The molecule has 0 bridgehead atoms. The number of allylic oxidation sites excluding steroid dienone is 1. The topological polar surface area (TPSA) is 0 Å². The van der Waals surface area contributed by atoms with E-state index in [-0.39, 0.29) is 17.0 Å². The summed E-state index contributed by atoms with van der Waals surface area (Å²) < 4.78 is 68.6. The SMILES string of the molecule is C=C(F)CCC1CCC(C2CCc3c(ccc(-c4cc(F)c(F)c(F)c4)c3F)C2)CC1. The van der Waals surface area contributed by atoms with E-state index in [0.29, 0.717) is 36.2 Å². The van der Waals surface area contributed by atoms with Gasteiger partial charge in [-0.05, 0) is 91.5 Å². The Morgan fingerprint density at radius 1 is 0.871 bits per heavy atom. The molecule has 0 spiro atoms. The lowest BCUT2D eigenvalue weighted by Gasteiger charge is -2.36. The van der Waals surface area contributed by atoms with Crippen molar-refractivity contribution < 1.29 is 22.0 Å². The van der Waals surface area contributed by atoms with E-state index in [4.69, 9.17) is 0 Å². The zero-order valence-electron chi connectivity index (χ0n) is 17.5. The Balaban J connectivity index is 1.45. The van der Waals surface area contributed by atoms with Crippen LogP contribution in [0.4, 0.5) is 22.0 Å². The van der Waals surface area contributed by atoms with Crippen LogP contribution in [-0.4, -0.2) is 0 Å². The maximum absolute atomic E-state index is 15.2. The van der Waals surface area contributed by atoms with Crippen LogP contribution in [0.15, 0.2) is 36.7 Å². The van der Waals surface area contributed by atoms with Crippen molar-refractivity contribution in [2.24, 2.45) is 17.8 Å². The summed E-state index contributed by atoms with van der Waals surface area (Å²) in [6.45, 7) is 3.34. The van der Waals surface area contributed by atoms with E-state index in [2.05, 4.69) is 6.58 Å². The fourth-order valence-electron chi connectivity index (χ4n) is 5.48. The molecule has 0 aliphatic heterocycles. The molecule has 2 aliphatic carbocycles. The number of benzene rings is 2. The summed E-state index contributed by atoms with van der Waals surface area (Å²) in [6, 6.07) is 5.07. The first-order valence-corrected chi connectivity index (χ1v) is 11.1. The van der Waals surface area contributed by atoms with Crippen LogP contribution in [0.2, 0.25) is 0 Å². The number of halogens is 5. The second-order valence-electron chi connectivity index (χ2n) is 9.16. The van der Waals surface area contributed by atoms with E-state index >= 15 is 4.39 Å². The average molecular weight is 434 g/mol. The molecule has 1 saturated carbocycles. The molecule has 0 N–H and O–H groups in total. The summed E-state index contributed by atoms with van der Waals surface area (Å²) in [5.74, 6) is -3.23. The van der Waals surface area contributed by atoms with Crippen LogP contribution in [0, 0.1) is 41.0 Å². The van der Waals surface area contributed by atoms with Crippen molar-refractivity contribution in [3.8, 4) is 11.1 Å².